The number of hydrogen-bond acceptors (Lipinski definition) is 5. The molecular formula is C16H17N3O2S. The van der Waals surface area contributed by atoms with Crippen LogP contribution in [0.15, 0.2) is 30.5 Å². The summed E-state index contributed by atoms with van der Waals surface area (Å²) >= 11 is 1.48. The molecule has 114 valence electrons. The predicted molar refractivity (Wildman–Crippen MR) is 86.0 cm³/mol. The topological polar surface area (TPSA) is 56.5 Å². The molecule has 0 atom stereocenters. The van der Waals surface area contributed by atoms with Crippen molar-refractivity contribution in [3.05, 3.63) is 46.7 Å². The first-order chi connectivity index (χ1) is 10.7. The van der Waals surface area contributed by atoms with Crippen LogP contribution in [0.5, 0.6) is 5.75 Å². The number of carbonyl (C=O) groups is 1. The van der Waals surface area contributed by atoms with Gasteiger partial charge in [0.25, 0.3) is 0 Å². The van der Waals surface area contributed by atoms with Crippen LogP contribution in [0.3, 0.4) is 0 Å². The number of ether oxygens (including phenoxy) is 1. The van der Waals surface area contributed by atoms with Gasteiger partial charge < -0.3 is 4.74 Å². The molecule has 3 rings (SSSR count). The molecule has 0 saturated carbocycles. The highest BCUT2D eigenvalue weighted by atomic mass is 32.1. The van der Waals surface area contributed by atoms with Crippen molar-refractivity contribution in [1.82, 2.24) is 14.6 Å². The molecule has 5 nitrogen and oxygen atoms in total. The van der Waals surface area contributed by atoms with Gasteiger partial charge in [-0.15, -0.1) is 0 Å². The number of aromatic nitrogens is 3. The lowest BCUT2D eigenvalue weighted by molar-refractivity contribution is 0.111. The van der Waals surface area contributed by atoms with Crippen LogP contribution in [0.1, 0.15) is 40.8 Å². The summed E-state index contributed by atoms with van der Waals surface area (Å²) in [6, 6.07) is 8.17. The molecule has 0 amide bonds. The van der Waals surface area contributed by atoms with Gasteiger partial charge in [-0.1, -0.05) is 37.3 Å². The van der Waals surface area contributed by atoms with Gasteiger partial charge in [0, 0.05) is 6.42 Å². The summed E-state index contributed by atoms with van der Waals surface area (Å²) in [5.41, 5.74) is 1.78. The molecule has 0 saturated heterocycles. The van der Waals surface area contributed by atoms with E-state index in [2.05, 4.69) is 36.1 Å². The van der Waals surface area contributed by atoms with E-state index in [1.54, 1.807) is 4.52 Å². The van der Waals surface area contributed by atoms with Crippen molar-refractivity contribution in [1.29, 1.82) is 0 Å². The summed E-state index contributed by atoms with van der Waals surface area (Å²) in [6.07, 6.45) is 2.98. The predicted octanol–water partition coefficient (Wildman–Crippen LogP) is 3.35. The molecule has 22 heavy (non-hydrogen) atoms. The molecule has 0 bridgehead atoms. The summed E-state index contributed by atoms with van der Waals surface area (Å²) in [5, 5.41) is 5.28. The van der Waals surface area contributed by atoms with Crippen LogP contribution in [0, 0.1) is 0 Å². The summed E-state index contributed by atoms with van der Waals surface area (Å²) < 4.78 is 7.32. The van der Waals surface area contributed by atoms with Crippen LogP contribution < -0.4 is 4.74 Å². The molecule has 0 aliphatic rings. The van der Waals surface area contributed by atoms with Crippen molar-refractivity contribution in [3.63, 3.8) is 0 Å². The van der Waals surface area contributed by atoms with Crippen LogP contribution in [0.25, 0.3) is 4.96 Å². The number of hydrogen-bond donors (Lipinski definition) is 0. The van der Waals surface area contributed by atoms with Gasteiger partial charge in [-0.2, -0.15) is 5.10 Å². The average Bonchev–Trinajstić information content (AvgIpc) is 3.07. The van der Waals surface area contributed by atoms with Gasteiger partial charge >= 0.3 is 0 Å². The molecule has 0 fully saturated rings. The second-order valence-corrected chi connectivity index (χ2v) is 6.35. The van der Waals surface area contributed by atoms with E-state index in [0.717, 1.165) is 22.0 Å². The molecule has 0 N–H and O–H groups in total. The SMILES string of the molecule is CC(C)c1ccc(OCCc2nn3c(C=O)cnc3s2)cc1. The molecule has 3 aromatic rings. The second-order valence-electron chi connectivity index (χ2n) is 5.31. The van der Waals surface area contributed by atoms with E-state index in [9.17, 15) is 4.79 Å². The van der Waals surface area contributed by atoms with E-state index in [4.69, 9.17) is 4.74 Å². The Morgan fingerprint density at radius 2 is 2.09 bits per heavy atom. The van der Waals surface area contributed by atoms with Crippen LogP contribution >= 0.6 is 11.3 Å². The Bertz CT molecular complexity index is 774. The number of nitrogens with zero attached hydrogens (tertiary/aromatic N) is 3. The molecule has 0 unspecified atom stereocenters. The first-order valence-corrected chi connectivity index (χ1v) is 8.00. The normalized spacial score (nSPS) is 11.2. The maximum atomic E-state index is 10.8. The monoisotopic (exact) mass is 315 g/mol. The van der Waals surface area contributed by atoms with Crippen molar-refractivity contribution in [2.75, 3.05) is 6.61 Å². The Kier molecular flexibility index (Phi) is 4.20. The third-order valence-corrected chi connectivity index (χ3v) is 4.39. The Morgan fingerprint density at radius 1 is 1.32 bits per heavy atom. The van der Waals surface area contributed by atoms with Crippen molar-refractivity contribution < 1.29 is 9.53 Å². The number of fused-ring (bicyclic) bond motifs is 1. The molecule has 0 radical (unpaired) electrons. The third-order valence-electron chi connectivity index (χ3n) is 3.41. The first-order valence-electron chi connectivity index (χ1n) is 7.19. The summed E-state index contributed by atoms with van der Waals surface area (Å²) in [5.74, 6) is 1.38. The number of imidazole rings is 1. The number of aldehydes is 1. The Morgan fingerprint density at radius 3 is 2.77 bits per heavy atom. The largest absolute Gasteiger partial charge is 0.493 e. The molecule has 6 heteroatoms. The third kappa shape index (κ3) is 3.01. The fourth-order valence-corrected chi connectivity index (χ4v) is 2.99. The van der Waals surface area contributed by atoms with Crippen molar-refractivity contribution >= 4 is 22.6 Å². The summed E-state index contributed by atoms with van der Waals surface area (Å²) in [7, 11) is 0. The minimum Gasteiger partial charge on any atom is -0.493 e. The highest BCUT2D eigenvalue weighted by Gasteiger charge is 2.09. The van der Waals surface area contributed by atoms with Gasteiger partial charge in [0.05, 0.1) is 12.8 Å². The molecule has 2 aromatic heterocycles. The van der Waals surface area contributed by atoms with E-state index in [1.165, 1.54) is 23.1 Å². The van der Waals surface area contributed by atoms with E-state index in [1.807, 2.05) is 12.1 Å². The maximum Gasteiger partial charge on any atom is 0.212 e. The zero-order valence-electron chi connectivity index (χ0n) is 12.5. The minimum atomic E-state index is 0.475. The molecule has 0 aliphatic heterocycles. The molecular weight excluding hydrogens is 298 g/mol. The van der Waals surface area contributed by atoms with Crippen LogP contribution in [-0.4, -0.2) is 27.5 Å². The summed E-state index contributed by atoms with van der Waals surface area (Å²) in [6.45, 7) is 4.89. The summed E-state index contributed by atoms with van der Waals surface area (Å²) in [4.78, 5) is 15.7. The van der Waals surface area contributed by atoms with Gasteiger partial charge in [-0.05, 0) is 23.6 Å². The zero-order chi connectivity index (χ0) is 15.5. The van der Waals surface area contributed by atoms with Crippen LogP contribution in [0.4, 0.5) is 0 Å². The van der Waals surface area contributed by atoms with Gasteiger partial charge in [0.2, 0.25) is 4.96 Å². The second kappa shape index (κ2) is 6.27. The van der Waals surface area contributed by atoms with Crippen LogP contribution in [-0.2, 0) is 6.42 Å². The quantitative estimate of drug-likeness (QED) is 0.655. The van der Waals surface area contributed by atoms with E-state index < -0.39 is 0 Å². The molecule has 0 spiro atoms. The van der Waals surface area contributed by atoms with Crippen LogP contribution in [0.2, 0.25) is 0 Å². The van der Waals surface area contributed by atoms with Gasteiger partial charge in [-0.3, -0.25) is 4.79 Å². The lowest BCUT2D eigenvalue weighted by Gasteiger charge is -2.08. The first kappa shape index (κ1) is 14.7. The lowest BCUT2D eigenvalue weighted by atomic mass is 10.0. The van der Waals surface area contributed by atoms with Gasteiger partial charge in [0.1, 0.15) is 16.5 Å². The molecule has 0 aliphatic carbocycles. The number of carbonyl (C=O) groups excluding carboxylic acids is 1. The van der Waals surface area contributed by atoms with E-state index in [0.29, 0.717) is 24.6 Å². The fourth-order valence-electron chi connectivity index (χ4n) is 2.14. The smallest absolute Gasteiger partial charge is 0.212 e. The Labute approximate surface area is 132 Å². The average molecular weight is 315 g/mol. The fraction of sp³-hybridized carbons (Fsp3) is 0.312. The lowest BCUT2D eigenvalue weighted by Crippen LogP contribution is -2.02. The molecule has 1 aromatic carbocycles. The highest BCUT2D eigenvalue weighted by Crippen LogP contribution is 2.19. The molecule has 2 heterocycles. The number of rotatable bonds is 6. The van der Waals surface area contributed by atoms with Gasteiger partial charge in [0.15, 0.2) is 6.29 Å². The van der Waals surface area contributed by atoms with Crippen molar-refractivity contribution in [2.24, 2.45) is 0 Å². The van der Waals surface area contributed by atoms with Crippen molar-refractivity contribution in [3.8, 4) is 5.75 Å². The van der Waals surface area contributed by atoms with E-state index >= 15 is 0 Å². The van der Waals surface area contributed by atoms with Crippen molar-refractivity contribution in [2.45, 2.75) is 26.2 Å². The van der Waals surface area contributed by atoms with Gasteiger partial charge in [-0.25, -0.2) is 9.50 Å². The minimum absolute atomic E-state index is 0.475. The zero-order valence-corrected chi connectivity index (χ0v) is 13.3. The number of benzene rings is 1. The Hall–Kier alpha value is -2.21. The van der Waals surface area contributed by atoms with E-state index in [-0.39, 0.29) is 0 Å². The maximum absolute atomic E-state index is 10.8. The standard InChI is InChI=1S/C16H17N3O2S/c1-11(2)12-3-5-14(6-4-12)21-8-7-15-18-19-13(10-20)9-17-16(19)22-15/h3-6,9-11H,7-8H2,1-2H3. The Balaban J connectivity index is 1.59. The highest BCUT2D eigenvalue weighted by molar-refractivity contribution is 7.16.